The number of hydrogen-bond donors (Lipinski definition) is 0. The molecule has 0 aliphatic heterocycles. The summed E-state index contributed by atoms with van der Waals surface area (Å²) in [6.07, 6.45) is 8.90. The van der Waals surface area contributed by atoms with Crippen LogP contribution in [0.1, 0.15) is 49.3 Å². The van der Waals surface area contributed by atoms with Crippen LogP contribution >= 0.6 is 0 Å². The van der Waals surface area contributed by atoms with Gasteiger partial charge in [0, 0.05) is 12.6 Å². The predicted molar refractivity (Wildman–Crippen MR) is 146 cm³/mol. The summed E-state index contributed by atoms with van der Waals surface area (Å²) in [6, 6.07) is 24.8. The minimum atomic E-state index is 0.764. The van der Waals surface area contributed by atoms with Gasteiger partial charge in [0.2, 0.25) is 0 Å². The molecule has 3 aromatic carbocycles. The van der Waals surface area contributed by atoms with E-state index in [1.54, 1.807) is 14.2 Å². The van der Waals surface area contributed by atoms with Crippen LogP contribution in [0.25, 0.3) is 12.2 Å². The van der Waals surface area contributed by atoms with E-state index in [0.717, 1.165) is 61.0 Å². The van der Waals surface area contributed by atoms with Crippen LogP contribution in [0.4, 0.5) is 0 Å². The zero-order valence-corrected chi connectivity index (χ0v) is 21.4. The maximum Gasteiger partial charge on any atom is 0.123 e. The van der Waals surface area contributed by atoms with Crippen molar-refractivity contribution < 1.29 is 14.2 Å². The molecule has 0 saturated heterocycles. The number of unbranched alkanes of at least 4 members (excludes halogenated alkanes) is 3. The molecular weight excluding hydrogens is 434 g/mol. The molecule has 0 aromatic heterocycles. The standard InChI is InChI=1S/C31H39NO3/c1-4-32(25-27-12-8-7-9-13-27)20-10-5-6-11-21-35-29-18-16-26(17-19-29)14-15-28-22-30(33-2)24-31(23-28)34-3/h7-9,12-19,22-24H,4-6,10-11,20-21,25H2,1-3H3/b15-14+. The second kappa shape index (κ2) is 14.9. The third kappa shape index (κ3) is 9.50. The Labute approximate surface area is 211 Å². The predicted octanol–water partition coefficient (Wildman–Crippen LogP) is 7.34. The summed E-state index contributed by atoms with van der Waals surface area (Å²) in [4.78, 5) is 2.52. The first-order valence-electron chi connectivity index (χ1n) is 12.6. The quantitative estimate of drug-likeness (QED) is 0.171. The Morgan fingerprint density at radius 2 is 1.34 bits per heavy atom. The molecule has 3 rings (SSSR count). The Morgan fingerprint density at radius 1 is 0.686 bits per heavy atom. The number of rotatable bonds is 15. The first-order chi connectivity index (χ1) is 17.2. The number of methoxy groups -OCH3 is 2. The molecule has 0 bridgehead atoms. The zero-order valence-electron chi connectivity index (χ0n) is 21.4. The summed E-state index contributed by atoms with van der Waals surface area (Å²) in [5.74, 6) is 2.48. The molecule has 0 N–H and O–H groups in total. The average molecular weight is 474 g/mol. The summed E-state index contributed by atoms with van der Waals surface area (Å²) >= 11 is 0. The normalized spacial score (nSPS) is 11.2. The van der Waals surface area contributed by atoms with Crippen molar-refractivity contribution in [2.24, 2.45) is 0 Å². The maximum absolute atomic E-state index is 5.94. The smallest absolute Gasteiger partial charge is 0.123 e. The summed E-state index contributed by atoms with van der Waals surface area (Å²) in [7, 11) is 3.32. The highest BCUT2D eigenvalue weighted by atomic mass is 16.5. The third-order valence-corrected chi connectivity index (χ3v) is 6.06. The SMILES string of the molecule is CCN(CCCCCCOc1ccc(/C=C/c2cc(OC)cc(OC)c2)cc1)Cc1ccccc1. The van der Waals surface area contributed by atoms with Crippen LogP contribution in [0.15, 0.2) is 72.8 Å². The van der Waals surface area contributed by atoms with Crippen molar-refractivity contribution in [1.29, 1.82) is 0 Å². The monoisotopic (exact) mass is 473 g/mol. The van der Waals surface area contributed by atoms with E-state index in [2.05, 4.69) is 66.4 Å². The minimum Gasteiger partial charge on any atom is -0.497 e. The van der Waals surface area contributed by atoms with Gasteiger partial charge in [0.1, 0.15) is 17.2 Å². The van der Waals surface area contributed by atoms with Crippen LogP contribution < -0.4 is 14.2 Å². The highest BCUT2D eigenvalue weighted by molar-refractivity contribution is 5.71. The second-order valence-corrected chi connectivity index (χ2v) is 8.67. The van der Waals surface area contributed by atoms with Gasteiger partial charge in [-0.15, -0.1) is 0 Å². The molecule has 0 radical (unpaired) electrons. The Bertz CT molecular complexity index is 993. The molecule has 0 atom stereocenters. The largest absolute Gasteiger partial charge is 0.497 e. The summed E-state index contributed by atoms with van der Waals surface area (Å²) in [5.41, 5.74) is 3.54. The molecule has 0 amide bonds. The fourth-order valence-electron chi connectivity index (χ4n) is 3.96. The summed E-state index contributed by atoms with van der Waals surface area (Å²) < 4.78 is 16.6. The third-order valence-electron chi connectivity index (χ3n) is 6.06. The van der Waals surface area contributed by atoms with Crippen molar-refractivity contribution in [3.05, 3.63) is 89.5 Å². The number of nitrogens with zero attached hydrogens (tertiary/aromatic N) is 1. The molecule has 4 heteroatoms. The molecule has 4 nitrogen and oxygen atoms in total. The lowest BCUT2D eigenvalue weighted by Gasteiger charge is -2.20. The molecule has 0 unspecified atom stereocenters. The van der Waals surface area contributed by atoms with Crippen molar-refractivity contribution in [1.82, 2.24) is 4.90 Å². The molecule has 0 spiro atoms. The van der Waals surface area contributed by atoms with Gasteiger partial charge in [0.05, 0.1) is 20.8 Å². The molecule has 35 heavy (non-hydrogen) atoms. The topological polar surface area (TPSA) is 30.9 Å². The Morgan fingerprint density at radius 3 is 2.00 bits per heavy atom. The fraction of sp³-hybridized carbons (Fsp3) is 0.355. The van der Waals surface area contributed by atoms with E-state index in [9.17, 15) is 0 Å². The van der Waals surface area contributed by atoms with Crippen LogP contribution in [-0.2, 0) is 6.54 Å². The van der Waals surface area contributed by atoms with Crippen LogP contribution in [0, 0.1) is 0 Å². The van der Waals surface area contributed by atoms with Gasteiger partial charge < -0.3 is 14.2 Å². The van der Waals surface area contributed by atoms with E-state index >= 15 is 0 Å². The van der Waals surface area contributed by atoms with Crippen molar-refractivity contribution >= 4 is 12.2 Å². The Balaban J connectivity index is 1.33. The Hall–Kier alpha value is -3.24. The molecule has 0 aliphatic rings. The van der Waals surface area contributed by atoms with Gasteiger partial charge in [0.25, 0.3) is 0 Å². The van der Waals surface area contributed by atoms with E-state index in [0.29, 0.717) is 0 Å². The van der Waals surface area contributed by atoms with Gasteiger partial charge in [-0.2, -0.15) is 0 Å². The van der Waals surface area contributed by atoms with Gasteiger partial charge in [-0.25, -0.2) is 0 Å². The zero-order chi connectivity index (χ0) is 24.7. The second-order valence-electron chi connectivity index (χ2n) is 8.67. The van der Waals surface area contributed by atoms with E-state index in [1.807, 2.05) is 30.3 Å². The fourth-order valence-corrected chi connectivity index (χ4v) is 3.96. The molecule has 3 aromatic rings. The lowest BCUT2D eigenvalue weighted by Crippen LogP contribution is -2.24. The number of ether oxygens (including phenoxy) is 3. The van der Waals surface area contributed by atoms with Crippen molar-refractivity contribution in [2.75, 3.05) is 33.9 Å². The molecule has 0 saturated carbocycles. The lowest BCUT2D eigenvalue weighted by molar-refractivity contribution is 0.267. The van der Waals surface area contributed by atoms with Gasteiger partial charge in [0.15, 0.2) is 0 Å². The summed E-state index contributed by atoms with van der Waals surface area (Å²) in [6.45, 7) is 6.30. The van der Waals surface area contributed by atoms with Gasteiger partial charge >= 0.3 is 0 Å². The highest BCUT2D eigenvalue weighted by Crippen LogP contribution is 2.24. The van der Waals surface area contributed by atoms with Crippen LogP contribution in [0.3, 0.4) is 0 Å². The maximum atomic E-state index is 5.94. The first-order valence-corrected chi connectivity index (χ1v) is 12.6. The lowest BCUT2D eigenvalue weighted by atomic mass is 10.1. The van der Waals surface area contributed by atoms with E-state index in [-0.39, 0.29) is 0 Å². The molecule has 186 valence electrons. The molecule has 0 fully saturated rings. The van der Waals surface area contributed by atoms with E-state index < -0.39 is 0 Å². The van der Waals surface area contributed by atoms with E-state index in [1.165, 1.54) is 24.8 Å². The minimum absolute atomic E-state index is 0.764. The average Bonchev–Trinajstić information content (AvgIpc) is 2.91. The molecule has 0 aliphatic carbocycles. The van der Waals surface area contributed by atoms with Crippen molar-refractivity contribution in [2.45, 2.75) is 39.2 Å². The number of benzene rings is 3. The molecule has 0 heterocycles. The van der Waals surface area contributed by atoms with Gasteiger partial charge in [-0.05, 0) is 66.9 Å². The Kier molecular flexibility index (Phi) is 11.2. The van der Waals surface area contributed by atoms with E-state index in [4.69, 9.17) is 14.2 Å². The van der Waals surface area contributed by atoms with Crippen molar-refractivity contribution in [3.63, 3.8) is 0 Å². The first kappa shape index (κ1) is 26.4. The summed E-state index contributed by atoms with van der Waals surface area (Å²) in [5, 5.41) is 0. The van der Waals surface area contributed by atoms with Crippen LogP contribution in [0.2, 0.25) is 0 Å². The van der Waals surface area contributed by atoms with Gasteiger partial charge in [-0.1, -0.05) is 74.4 Å². The highest BCUT2D eigenvalue weighted by Gasteiger charge is 2.03. The van der Waals surface area contributed by atoms with Crippen LogP contribution in [-0.4, -0.2) is 38.8 Å². The number of hydrogen-bond acceptors (Lipinski definition) is 4. The van der Waals surface area contributed by atoms with Crippen molar-refractivity contribution in [3.8, 4) is 17.2 Å². The van der Waals surface area contributed by atoms with Crippen LogP contribution in [0.5, 0.6) is 17.2 Å². The molecular formula is C31H39NO3. The van der Waals surface area contributed by atoms with Gasteiger partial charge in [-0.3, -0.25) is 4.90 Å².